The van der Waals surface area contributed by atoms with Crippen LogP contribution < -0.4 is 0 Å². The van der Waals surface area contributed by atoms with E-state index in [1.165, 1.54) is 42.8 Å². The van der Waals surface area contributed by atoms with Gasteiger partial charge >= 0.3 is 0 Å². The van der Waals surface area contributed by atoms with Crippen molar-refractivity contribution >= 4 is 69.6 Å². The molecule has 0 spiro atoms. The first-order chi connectivity index (χ1) is 22.7. The van der Waals surface area contributed by atoms with Crippen LogP contribution in [0, 0.1) is 23.8 Å². The van der Waals surface area contributed by atoms with E-state index in [4.69, 9.17) is 4.98 Å². The third kappa shape index (κ3) is 7.56. The van der Waals surface area contributed by atoms with Crippen molar-refractivity contribution in [3.63, 3.8) is 0 Å². The molecule has 3 heterocycles. The largest absolute Gasteiger partial charge is 0.512 e. The minimum absolute atomic E-state index is 0. The Kier molecular flexibility index (Phi) is 12.0. The number of aromatic nitrogens is 2. The number of aryl methyl sites for hydroxylation is 1. The summed E-state index contributed by atoms with van der Waals surface area (Å²) in [7, 11) is 0. The van der Waals surface area contributed by atoms with Gasteiger partial charge in [-0.15, -0.1) is 51.8 Å². The van der Waals surface area contributed by atoms with Crippen LogP contribution in [0.4, 0.5) is 0 Å². The number of fused-ring (bicyclic) bond motifs is 5. The molecule has 6 aromatic rings. The van der Waals surface area contributed by atoms with Crippen LogP contribution in [0.3, 0.4) is 0 Å². The van der Waals surface area contributed by atoms with Gasteiger partial charge in [0.2, 0.25) is 0 Å². The van der Waals surface area contributed by atoms with E-state index < -0.39 is 0 Å². The molecule has 49 heavy (non-hydrogen) atoms. The molecular formula is C42H49IrN2O2S2-. The van der Waals surface area contributed by atoms with Crippen molar-refractivity contribution in [2.75, 3.05) is 0 Å². The second-order valence-electron chi connectivity index (χ2n) is 14.6. The van der Waals surface area contributed by atoms with E-state index in [-0.39, 0.29) is 47.9 Å². The normalized spacial score (nSPS) is 12.7. The van der Waals surface area contributed by atoms with E-state index in [1.807, 2.05) is 52.9 Å². The average Bonchev–Trinajstić information content (AvgIpc) is 3.64. The van der Waals surface area contributed by atoms with Gasteiger partial charge in [-0.3, -0.25) is 9.78 Å². The first-order valence-corrected chi connectivity index (χ1v) is 18.9. The van der Waals surface area contributed by atoms with Gasteiger partial charge in [0.05, 0.1) is 0 Å². The Hall–Kier alpha value is -2.96. The van der Waals surface area contributed by atoms with Gasteiger partial charge in [-0.2, -0.15) is 0 Å². The Morgan fingerprint density at radius 1 is 0.857 bits per heavy atom. The van der Waals surface area contributed by atoms with Crippen LogP contribution in [0.25, 0.3) is 52.4 Å². The zero-order valence-corrected chi connectivity index (χ0v) is 34.5. The summed E-state index contributed by atoms with van der Waals surface area (Å²) >= 11 is 3.56. The van der Waals surface area contributed by atoms with Crippen molar-refractivity contribution in [3.8, 4) is 11.3 Å². The van der Waals surface area contributed by atoms with E-state index in [1.54, 1.807) is 17.7 Å². The summed E-state index contributed by atoms with van der Waals surface area (Å²) < 4.78 is 2.60. The van der Waals surface area contributed by atoms with Crippen molar-refractivity contribution in [2.24, 2.45) is 10.8 Å². The quantitative estimate of drug-likeness (QED) is 0.0940. The summed E-state index contributed by atoms with van der Waals surface area (Å²) in [5.41, 5.74) is 4.07. The number of carbonyl (C=O) groups excluding carboxylic acids is 1. The zero-order chi connectivity index (χ0) is 35.0. The summed E-state index contributed by atoms with van der Waals surface area (Å²) in [6, 6.07) is 19.1. The van der Waals surface area contributed by atoms with Crippen molar-refractivity contribution < 1.29 is 30.0 Å². The molecule has 0 fully saturated rings. The molecule has 4 nitrogen and oxygen atoms in total. The van der Waals surface area contributed by atoms with Gasteiger partial charge in [0, 0.05) is 57.5 Å². The number of rotatable bonds is 8. The SMILES string of the molecule is CCC(C)(CC)C(=O)/C=C(\O)C(C)(CC)CC.Cc1csc2cc3sc4ncnc(-c5[c-]c6ccccc6c(C(C)(C)C)c5)c4c3cc12.[Ir]. The van der Waals surface area contributed by atoms with Crippen LogP contribution >= 0.6 is 22.7 Å². The minimum Gasteiger partial charge on any atom is -0.512 e. The maximum Gasteiger partial charge on any atom is 0.164 e. The summed E-state index contributed by atoms with van der Waals surface area (Å²) in [5, 5.41) is 18.5. The molecule has 0 saturated heterocycles. The fourth-order valence-corrected chi connectivity index (χ4v) is 8.22. The predicted octanol–water partition coefficient (Wildman–Crippen LogP) is 12.9. The third-order valence-corrected chi connectivity index (χ3v) is 12.7. The van der Waals surface area contributed by atoms with Crippen LogP contribution in [-0.2, 0) is 30.3 Å². The van der Waals surface area contributed by atoms with Gasteiger partial charge in [0.15, 0.2) is 5.78 Å². The Balaban J connectivity index is 0.000000260. The number of aliphatic hydroxyl groups is 1. The van der Waals surface area contributed by atoms with Crippen LogP contribution in [0.2, 0.25) is 0 Å². The molecule has 1 N–H and O–H groups in total. The van der Waals surface area contributed by atoms with Gasteiger partial charge in [-0.25, -0.2) is 4.98 Å². The van der Waals surface area contributed by atoms with E-state index in [0.29, 0.717) is 0 Å². The van der Waals surface area contributed by atoms with Crippen molar-refractivity contribution in [1.82, 2.24) is 9.97 Å². The summed E-state index contributed by atoms with van der Waals surface area (Å²) in [6.45, 7) is 21.1. The molecule has 0 saturated carbocycles. The van der Waals surface area contributed by atoms with Gasteiger partial charge in [0.1, 0.15) is 16.9 Å². The molecule has 0 atom stereocenters. The van der Waals surface area contributed by atoms with Crippen LogP contribution in [0.5, 0.6) is 0 Å². The topological polar surface area (TPSA) is 63.1 Å². The second kappa shape index (κ2) is 15.1. The molecule has 0 aliphatic rings. The van der Waals surface area contributed by atoms with Crippen LogP contribution in [-0.4, -0.2) is 20.9 Å². The number of hydrogen-bond acceptors (Lipinski definition) is 6. The maximum absolute atomic E-state index is 12.2. The molecule has 6 rings (SSSR count). The smallest absolute Gasteiger partial charge is 0.164 e. The molecular weight excluding hydrogens is 821 g/mol. The number of nitrogens with zero attached hydrogens (tertiary/aromatic N) is 2. The number of allylic oxidation sites excluding steroid dienone is 2. The number of ketones is 1. The minimum atomic E-state index is -0.337. The fraction of sp³-hybridized carbons (Fsp3) is 0.405. The maximum atomic E-state index is 12.2. The van der Waals surface area contributed by atoms with Crippen molar-refractivity contribution in [1.29, 1.82) is 0 Å². The number of hydrogen-bond donors (Lipinski definition) is 1. The molecule has 0 amide bonds. The van der Waals surface area contributed by atoms with E-state index in [2.05, 4.69) is 86.6 Å². The average molecular weight is 870 g/mol. The Morgan fingerprint density at radius 2 is 1.51 bits per heavy atom. The summed E-state index contributed by atoms with van der Waals surface area (Å²) in [6.07, 6.45) is 6.45. The van der Waals surface area contributed by atoms with Gasteiger partial charge in [-0.05, 0) is 71.9 Å². The summed E-state index contributed by atoms with van der Waals surface area (Å²) in [4.78, 5) is 22.6. The van der Waals surface area contributed by atoms with E-state index in [9.17, 15) is 9.90 Å². The van der Waals surface area contributed by atoms with Crippen molar-refractivity contribution in [3.05, 3.63) is 83.2 Å². The monoisotopic (exact) mass is 870 g/mol. The van der Waals surface area contributed by atoms with Gasteiger partial charge in [-0.1, -0.05) is 91.5 Å². The first-order valence-electron chi connectivity index (χ1n) is 17.2. The molecule has 261 valence electrons. The Morgan fingerprint density at radius 3 is 2.14 bits per heavy atom. The van der Waals surface area contributed by atoms with E-state index in [0.717, 1.165) is 52.5 Å². The Bertz CT molecular complexity index is 2140. The molecule has 3 aromatic carbocycles. The van der Waals surface area contributed by atoms with Gasteiger partial charge in [0.25, 0.3) is 0 Å². The molecule has 3 aromatic heterocycles. The third-order valence-electron chi connectivity index (χ3n) is 10.6. The number of aliphatic hydroxyl groups excluding tert-OH is 1. The Labute approximate surface area is 313 Å². The molecule has 0 aliphatic carbocycles. The number of benzene rings is 3. The fourth-order valence-electron chi connectivity index (χ4n) is 6.12. The number of carbonyl (C=O) groups is 1. The molecule has 7 heteroatoms. The first kappa shape index (κ1) is 38.8. The second-order valence-corrected chi connectivity index (χ2v) is 16.5. The molecule has 0 unspecified atom stereocenters. The molecule has 0 bridgehead atoms. The predicted molar refractivity (Wildman–Crippen MR) is 209 cm³/mol. The molecule has 1 radical (unpaired) electrons. The van der Waals surface area contributed by atoms with Crippen molar-refractivity contribution in [2.45, 2.75) is 100 Å². The number of thiophene rings is 2. The van der Waals surface area contributed by atoms with E-state index >= 15 is 0 Å². The van der Waals surface area contributed by atoms with Crippen LogP contribution in [0.1, 0.15) is 99.1 Å². The van der Waals surface area contributed by atoms with Gasteiger partial charge < -0.3 is 5.11 Å². The standard InChI is InChI=1S/C27H21N2S2.C15H28O2.Ir/c1-15-13-30-22-12-23-20(11-19(15)22)24-25(28-14-29-26(24)31-23)17-9-16-7-5-6-8-18(16)21(10-17)27(2,3)4;1-7-14(5,8-2)12(16)11-13(17)15(6,9-3)10-4;/h5-8,10-14H,1-4H3;11,16H,7-10H2,1-6H3;/q-1;;/b;12-11-;. The molecule has 0 aliphatic heterocycles. The van der Waals surface area contributed by atoms with Crippen LogP contribution in [0.15, 0.2) is 66.0 Å². The summed E-state index contributed by atoms with van der Waals surface area (Å²) in [5.74, 6) is 0.286. The zero-order valence-electron chi connectivity index (χ0n) is 30.5.